The van der Waals surface area contributed by atoms with Crippen LogP contribution in [0.15, 0.2) is 24.3 Å². The van der Waals surface area contributed by atoms with Crippen LogP contribution in [0.2, 0.25) is 5.02 Å². The Labute approximate surface area is 129 Å². The maximum absolute atomic E-state index is 12.3. The number of hydrogen-bond donors (Lipinski definition) is 1. The summed E-state index contributed by atoms with van der Waals surface area (Å²) in [7, 11) is 1.65. The first kappa shape index (κ1) is 15.8. The van der Waals surface area contributed by atoms with Gasteiger partial charge in [0.2, 0.25) is 0 Å². The summed E-state index contributed by atoms with van der Waals surface area (Å²) in [4.78, 5) is 27.6. The van der Waals surface area contributed by atoms with E-state index in [1.54, 1.807) is 18.0 Å². The number of carbonyl (C=O) groups is 2. The van der Waals surface area contributed by atoms with Crippen LogP contribution in [0.4, 0.5) is 0 Å². The van der Waals surface area contributed by atoms with Crippen LogP contribution in [0.1, 0.15) is 18.5 Å². The highest BCUT2D eigenvalue weighted by atomic mass is 35.5. The molecule has 1 heterocycles. The van der Waals surface area contributed by atoms with Crippen LogP contribution in [0, 0.1) is 0 Å². The molecule has 1 saturated heterocycles. The maximum Gasteiger partial charge on any atom is 0.312 e. The van der Waals surface area contributed by atoms with E-state index in [4.69, 9.17) is 11.6 Å². The van der Waals surface area contributed by atoms with Crippen LogP contribution < -0.4 is 5.32 Å². The van der Waals surface area contributed by atoms with E-state index in [2.05, 4.69) is 5.32 Å². The first-order chi connectivity index (χ1) is 10.0. The van der Waals surface area contributed by atoms with Crippen molar-refractivity contribution in [2.45, 2.75) is 13.0 Å². The quantitative estimate of drug-likeness (QED) is 0.838. The molecule has 0 aromatic heterocycles. The molecule has 2 rings (SSSR count). The number of nitrogens with zero attached hydrogens (tertiary/aromatic N) is 2. The highest BCUT2D eigenvalue weighted by molar-refractivity contribution is 6.35. The van der Waals surface area contributed by atoms with Crippen LogP contribution in [0.5, 0.6) is 0 Å². The monoisotopic (exact) mass is 309 g/mol. The van der Waals surface area contributed by atoms with E-state index in [9.17, 15) is 9.59 Å². The van der Waals surface area contributed by atoms with Crippen molar-refractivity contribution in [2.24, 2.45) is 0 Å². The molecule has 2 amide bonds. The summed E-state index contributed by atoms with van der Waals surface area (Å²) in [5.74, 6) is -0.919. The molecule has 1 fully saturated rings. The third kappa shape index (κ3) is 3.74. The third-order valence-electron chi connectivity index (χ3n) is 3.82. The van der Waals surface area contributed by atoms with Gasteiger partial charge in [0.1, 0.15) is 0 Å². The van der Waals surface area contributed by atoms with Crippen LogP contribution in [0.3, 0.4) is 0 Å². The topological polar surface area (TPSA) is 52.7 Å². The summed E-state index contributed by atoms with van der Waals surface area (Å²) < 4.78 is 0. The van der Waals surface area contributed by atoms with Gasteiger partial charge in [-0.25, -0.2) is 0 Å². The molecule has 0 bridgehead atoms. The minimum atomic E-state index is -0.482. The van der Waals surface area contributed by atoms with Crippen molar-refractivity contribution >= 4 is 23.4 Å². The van der Waals surface area contributed by atoms with E-state index in [-0.39, 0.29) is 6.04 Å². The second kappa shape index (κ2) is 6.91. The van der Waals surface area contributed by atoms with Crippen molar-refractivity contribution in [2.75, 3.05) is 33.2 Å². The Morgan fingerprint density at radius 3 is 2.62 bits per heavy atom. The number of carbonyl (C=O) groups excluding carboxylic acids is 2. The largest absolute Gasteiger partial charge is 0.332 e. The molecule has 114 valence electrons. The van der Waals surface area contributed by atoms with E-state index in [1.807, 2.05) is 25.1 Å². The van der Waals surface area contributed by atoms with Gasteiger partial charge in [0.05, 0.1) is 6.04 Å². The minimum Gasteiger partial charge on any atom is -0.332 e. The average Bonchev–Trinajstić information content (AvgIpc) is 2.53. The molecule has 0 saturated carbocycles. The van der Waals surface area contributed by atoms with Gasteiger partial charge in [-0.15, -0.1) is 0 Å². The second-order valence-electron chi connectivity index (χ2n) is 5.19. The number of halogens is 1. The molecule has 0 aliphatic carbocycles. The van der Waals surface area contributed by atoms with Crippen LogP contribution in [-0.4, -0.2) is 54.8 Å². The number of amides is 2. The molecule has 21 heavy (non-hydrogen) atoms. The van der Waals surface area contributed by atoms with Gasteiger partial charge in [-0.1, -0.05) is 23.7 Å². The predicted molar refractivity (Wildman–Crippen MR) is 82.1 cm³/mol. The molecule has 1 unspecified atom stereocenters. The summed E-state index contributed by atoms with van der Waals surface area (Å²) in [5.41, 5.74) is 0.909. The molecule has 1 aliphatic heterocycles. The van der Waals surface area contributed by atoms with Crippen LogP contribution in [0.25, 0.3) is 0 Å². The Balaban J connectivity index is 2.05. The lowest BCUT2D eigenvalue weighted by Crippen LogP contribution is -2.51. The molecule has 1 aromatic carbocycles. The number of likely N-dealkylation sites (N-methyl/N-ethyl adjacent to an activating group) is 1. The molecule has 6 heteroatoms. The van der Waals surface area contributed by atoms with Gasteiger partial charge in [-0.2, -0.15) is 0 Å². The Bertz CT molecular complexity index is 529. The van der Waals surface area contributed by atoms with Crippen molar-refractivity contribution in [3.05, 3.63) is 34.9 Å². The van der Waals surface area contributed by atoms with Crippen LogP contribution >= 0.6 is 11.6 Å². The summed E-state index contributed by atoms with van der Waals surface area (Å²) in [6, 6.07) is 7.12. The van der Waals surface area contributed by atoms with E-state index < -0.39 is 11.8 Å². The zero-order valence-electron chi connectivity index (χ0n) is 12.3. The number of piperazine rings is 1. The molecule has 1 atom stereocenters. The van der Waals surface area contributed by atoms with Crippen molar-refractivity contribution in [3.8, 4) is 0 Å². The highest BCUT2D eigenvalue weighted by Crippen LogP contribution is 2.22. The summed E-state index contributed by atoms with van der Waals surface area (Å²) in [6.07, 6.45) is 0. The minimum absolute atomic E-state index is 0.205. The fourth-order valence-electron chi connectivity index (χ4n) is 2.32. The van der Waals surface area contributed by atoms with Gasteiger partial charge in [-0.05, 0) is 24.6 Å². The summed E-state index contributed by atoms with van der Waals surface area (Å²) in [6.45, 7) is 4.49. The van der Waals surface area contributed by atoms with E-state index in [0.29, 0.717) is 18.1 Å². The molecule has 1 aliphatic rings. The van der Waals surface area contributed by atoms with Gasteiger partial charge in [0, 0.05) is 38.2 Å². The first-order valence-corrected chi connectivity index (χ1v) is 7.40. The number of rotatable bonds is 2. The molecule has 0 spiro atoms. The van der Waals surface area contributed by atoms with E-state index in [0.717, 1.165) is 18.7 Å². The molecule has 1 N–H and O–H groups in total. The Hall–Kier alpha value is -1.59. The normalized spacial score (nSPS) is 16.4. The lowest BCUT2D eigenvalue weighted by Gasteiger charge is -2.30. The van der Waals surface area contributed by atoms with Gasteiger partial charge in [0.25, 0.3) is 0 Å². The van der Waals surface area contributed by atoms with Crippen molar-refractivity contribution in [1.29, 1.82) is 0 Å². The van der Waals surface area contributed by atoms with Gasteiger partial charge < -0.3 is 15.1 Å². The lowest BCUT2D eigenvalue weighted by molar-refractivity contribution is -0.152. The predicted octanol–water partition coefficient (Wildman–Crippen LogP) is 1.29. The van der Waals surface area contributed by atoms with E-state index in [1.165, 1.54) is 4.90 Å². The van der Waals surface area contributed by atoms with Crippen molar-refractivity contribution in [3.63, 3.8) is 0 Å². The van der Waals surface area contributed by atoms with E-state index >= 15 is 0 Å². The van der Waals surface area contributed by atoms with Gasteiger partial charge in [0.15, 0.2) is 0 Å². The molecule has 5 nitrogen and oxygen atoms in total. The standard InChI is InChI=1S/C15H20ClN3O2/c1-11(12-4-3-5-13(16)10-12)18(2)14(20)15(21)19-8-6-17-7-9-19/h3-5,10-11,17H,6-9H2,1-2H3. The number of benzene rings is 1. The number of nitrogens with one attached hydrogen (secondary N) is 1. The third-order valence-corrected chi connectivity index (χ3v) is 4.05. The Kier molecular flexibility index (Phi) is 5.20. The summed E-state index contributed by atoms with van der Waals surface area (Å²) in [5, 5.41) is 3.78. The van der Waals surface area contributed by atoms with Crippen molar-refractivity contribution in [1.82, 2.24) is 15.1 Å². The SMILES string of the molecule is CC(c1cccc(Cl)c1)N(C)C(=O)C(=O)N1CCNCC1. The van der Waals surface area contributed by atoms with Crippen molar-refractivity contribution < 1.29 is 9.59 Å². The second-order valence-corrected chi connectivity index (χ2v) is 5.63. The first-order valence-electron chi connectivity index (χ1n) is 7.03. The molecule has 0 radical (unpaired) electrons. The Morgan fingerprint density at radius 2 is 2.00 bits per heavy atom. The van der Waals surface area contributed by atoms with Gasteiger partial charge >= 0.3 is 11.8 Å². The van der Waals surface area contributed by atoms with Crippen LogP contribution in [-0.2, 0) is 9.59 Å². The summed E-state index contributed by atoms with van der Waals surface area (Å²) >= 11 is 5.97. The Morgan fingerprint density at radius 1 is 1.33 bits per heavy atom. The highest BCUT2D eigenvalue weighted by Gasteiger charge is 2.28. The average molecular weight is 310 g/mol. The molecular formula is C15H20ClN3O2. The number of hydrogen-bond acceptors (Lipinski definition) is 3. The van der Waals surface area contributed by atoms with Gasteiger partial charge in [-0.3, -0.25) is 9.59 Å². The molecular weight excluding hydrogens is 290 g/mol. The fraction of sp³-hybridized carbons (Fsp3) is 0.467. The zero-order valence-corrected chi connectivity index (χ0v) is 13.1. The fourth-order valence-corrected chi connectivity index (χ4v) is 2.52. The smallest absolute Gasteiger partial charge is 0.312 e. The maximum atomic E-state index is 12.3. The zero-order chi connectivity index (χ0) is 15.4. The molecule has 1 aromatic rings. The lowest BCUT2D eigenvalue weighted by atomic mass is 10.1.